The number of carboxylic acid groups (broad SMARTS) is 1. The number of morpholine rings is 1. The average molecular weight is 521 g/mol. The van der Waals surface area contributed by atoms with E-state index in [9.17, 15) is 4.79 Å². The van der Waals surface area contributed by atoms with E-state index in [0.29, 0.717) is 28.3 Å². The van der Waals surface area contributed by atoms with Crippen LogP contribution in [0.3, 0.4) is 0 Å². The molecule has 1 saturated heterocycles. The van der Waals surface area contributed by atoms with Gasteiger partial charge in [-0.1, -0.05) is 0 Å². The highest BCUT2D eigenvalue weighted by molar-refractivity contribution is 5.99. The Hall–Kier alpha value is -4.69. The van der Waals surface area contributed by atoms with Crippen LogP contribution in [0.15, 0.2) is 37.1 Å². The van der Waals surface area contributed by atoms with E-state index in [1.807, 2.05) is 23.7 Å². The number of amides is 1. The summed E-state index contributed by atoms with van der Waals surface area (Å²) in [5, 5.41) is 13.1. The lowest BCUT2D eigenvalue weighted by atomic mass is 10.1. The van der Waals surface area contributed by atoms with Crippen molar-refractivity contribution in [2.75, 3.05) is 44.0 Å². The number of rotatable bonds is 7. The van der Waals surface area contributed by atoms with Gasteiger partial charge in [-0.05, 0) is 12.1 Å². The molecule has 1 aliphatic heterocycles. The van der Waals surface area contributed by atoms with E-state index in [-0.39, 0.29) is 18.0 Å². The van der Waals surface area contributed by atoms with Crippen LogP contribution in [-0.2, 0) is 23.1 Å². The number of nitrogens with one attached hydrogen (secondary N) is 2. The standard InChI is InChI=1S/C23H26N10O2.CH2O2/c1-25-22-19(16-10-26-11-17-18(16)28-13-32(17)2)30-20(21(24)34)23(31-22)29-14-3-4-15(27-9-14)12-33-5-7-35-8-6-33;2-1-3/h3-4,9-11,13H,5-8,12H2,1-2H3,(H2,24,34)(H2,25,29,31);1H,(H,2,3). The van der Waals surface area contributed by atoms with Gasteiger partial charge in [0, 0.05) is 39.9 Å². The summed E-state index contributed by atoms with van der Waals surface area (Å²) >= 11 is 0. The second kappa shape index (κ2) is 12.0. The topological polar surface area (TPSA) is 186 Å². The highest BCUT2D eigenvalue weighted by atomic mass is 16.5. The highest BCUT2D eigenvalue weighted by Gasteiger charge is 2.21. The van der Waals surface area contributed by atoms with E-state index in [1.165, 1.54) is 0 Å². The van der Waals surface area contributed by atoms with Gasteiger partial charge in [-0.25, -0.2) is 15.0 Å². The smallest absolute Gasteiger partial charge is 0.290 e. The molecule has 0 unspecified atom stereocenters. The van der Waals surface area contributed by atoms with Crippen molar-refractivity contribution in [2.45, 2.75) is 6.54 Å². The second-order valence-electron chi connectivity index (χ2n) is 8.30. The number of fused-ring (bicyclic) bond motifs is 1. The molecule has 0 saturated carbocycles. The summed E-state index contributed by atoms with van der Waals surface area (Å²) < 4.78 is 7.26. The van der Waals surface area contributed by atoms with E-state index in [2.05, 4.69) is 40.5 Å². The van der Waals surface area contributed by atoms with Crippen LogP contribution in [-0.4, -0.2) is 85.2 Å². The number of nitrogens with two attached hydrogens (primary N) is 1. The minimum Gasteiger partial charge on any atom is -0.483 e. The zero-order valence-corrected chi connectivity index (χ0v) is 21.0. The third kappa shape index (κ3) is 5.82. The van der Waals surface area contributed by atoms with Gasteiger partial charge in [-0.2, -0.15) is 0 Å². The third-order valence-electron chi connectivity index (χ3n) is 5.84. The number of anilines is 3. The summed E-state index contributed by atoms with van der Waals surface area (Å²) in [6.45, 7) is 3.76. The molecule has 38 heavy (non-hydrogen) atoms. The minimum absolute atomic E-state index is 0.00401. The third-order valence-corrected chi connectivity index (χ3v) is 5.84. The number of carbonyl (C=O) groups is 2. The molecule has 0 radical (unpaired) electrons. The maximum absolute atomic E-state index is 12.3. The normalized spacial score (nSPS) is 13.4. The molecule has 198 valence electrons. The molecular formula is C24H28N10O4. The molecule has 14 nitrogen and oxygen atoms in total. The molecule has 0 aliphatic carbocycles. The zero-order valence-electron chi connectivity index (χ0n) is 21.0. The van der Waals surface area contributed by atoms with Crippen LogP contribution in [0.1, 0.15) is 16.2 Å². The molecule has 1 aliphatic rings. The Labute approximate surface area is 217 Å². The van der Waals surface area contributed by atoms with Crippen molar-refractivity contribution < 1.29 is 19.4 Å². The number of carbonyl (C=O) groups excluding carboxylic acids is 1. The number of nitrogens with zero attached hydrogens (tertiary/aromatic N) is 7. The average Bonchev–Trinajstić information content (AvgIpc) is 3.31. The largest absolute Gasteiger partial charge is 0.483 e. The number of hydrogen-bond donors (Lipinski definition) is 4. The Bertz CT molecular complexity index is 1420. The first kappa shape index (κ1) is 26.4. The lowest BCUT2D eigenvalue weighted by Crippen LogP contribution is -2.35. The van der Waals surface area contributed by atoms with E-state index < -0.39 is 5.91 Å². The van der Waals surface area contributed by atoms with Crippen LogP contribution in [0, 0.1) is 0 Å². The van der Waals surface area contributed by atoms with Crippen LogP contribution >= 0.6 is 0 Å². The van der Waals surface area contributed by atoms with E-state index in [4.69, 9.17) is 20.4 Å². The summed E-state index contributed by atoms with van der Waals surface area (Å²) in [6, 6.07) is 3.83. The Balaban J connectivity index is 0.00000107. The number of primary amides is 1. The van der Waals surface area contributed by atoms with Crippen LogP contribution in [0.25, 0.3) is 22.3 Å². The predicted octanol–water partition coefficient (Wildman–Crippen LogP) is 1.24. The molecule has 5 heterocycles. The van der Waals surface area contributed by atoms with Gasteiger partial charge < -0.3 is 30.8 Å². The van der Waals surface area contributed by atoms with Crippen LogP contribution in [0.2, 0.25) is 0 Å². The molecule has 5 rings (SSSR count). The van der Waals surface area contributed by atoms with Crippen molar-refractivity contribution in [3.05, 3.63) is 48.4 Å². The Morgan fingerprint density at radius 2 is 1.92 bits per heavy atom. The van der Waals surface area contributed by atoms with Crippen molar-refractivity contribution in [2.24, 2.45) is 12.8 Å². The maximum atomic E-state index is 12.3. The van der Waals surface area contributed by atoms with Crippen molar-refractivity contribution in [3.8, 4) is 11.3 Å². The monoisotopic (exact) mass is 520 g/mol. The Morgan fingerprint density at radius 3 is 2.58 bits per heavy atom. The van der Waals surface area contributed by atoms with Crippen molar-refractivity contribution in [3.63, 3.8) is 0 Å². The molecule has 14 heteroatoms. The van der Waals surface area contributed by atoms with Crippen LogP contribution < -0.4 is 16.4 Å². The molecule has 5 N–H and O–H groups in total. The van der Waals surface area contributed by atoms with Crippen LogP contribution in [0.4, 0.5) is 17.3 Å². The number of hydrogen-bond acceptors (Lipinski definition) is 11. The van der Waals surface area contributed by atoms with E-state index in [0.717, 1.165) is 44.1 Å². The fourth-order valence-corrected chi connectivity index (χ4v) is 3.99. The van der Waals surface area contributed by atoms with Gasteiger partial charge >= 0.3 is 0 Å². The van der Waals surface area contributed by atoms with Gasteiger partial charge in [0.05, 0.1) is 54.4 Å². The molecule has 0 spiro atoms. The van der Waals surface area contributed by atoms with Gasteiger partial charge in [0.15, 0.2) is 17.3 Å². The lowest BCUT2D eigenvalue weighted by Gasteiger charge is -2.26. The second-order valence-corrected chi connectivity index (χ2v) is 8.30. The maximum Gasteiger partial charge on any atom is 0.290 e. The molecule has 0 aromatic carbocycles. The Morgan fingerprint density at radius 1 is 1.16 bits per heavy atom. The molecule has 1 fully saturated rings. The summed E-state index contributed by atoms with van der Waals surface area (Å²) in [6.07, 6.45) is 6.77. The first-order chi connectivity index (χ1) is 18.4. The molecule has 4 aromatic rings. The molecule has 0 atom stereocenters. The molecule has 0 bridgehead atoms. The van der Waals surface area contributed by atoms with Crippen molar-refractivity contribution in [1.29, 1.82) is 0 Å². The first-order valence-electron chi connectivity index (χ1n) is 11.7. The fraction of sp³-hybridized carbons (Fsp3) is 0.292. The van der Waals surface area contributed by atoms with Crippen molar-refractivity contribution in [1.82, 2.24) is 34.4 Å². The van der Waals surface area contributed by atoms with Crippen molar-refractivity contribution >= 4 is 40.7 Å². The fourth-order valence-electron chi connectivity index (χ4n) is 3.99. The van der Waals surface area contributed by atoms with E-state index >= 15 is 0 Å². The highest BCUT2D eigenvalue weighted by Crippen LogP contribution is 2.32. The van der Waals surface area contributed by atoms with Gasteiger partial charge in [-0.15, -0.1) is 0 Å². The van der Waals surface area contributed by atoms with Gasteiger partial charge in [0.2, 0.25) is 0 Å². The molecular weight excluding hydrogens is 492 g/mol. The van der Waals surface area contributed by atoms with Gasteiger partial charge in [0.1, 0.15) is 11.2 Å². The first-order valence-corrected chi connectivity index (χ1v) is 11.7. The number of imidazole rings is 1. The zero-order chi connectivity index (χ0) is 27.1. The predicted molar refractivity (Wildman–Crippen MR) is 140 cm³/mol. The number of ether oxygens (including phenoxy) is 1. The summed E-state index contributed by atoms with van der Waals surface area (Å²) in [5.74, 6) is -0.0224. The summed E-state index contributed by atoms with van der Waals surface area (Å²) in [7, 11) is 3.61. The SMILES string of the molecule is CNc1nc(Nc2ccc(CN3CCOCC3)nc2)c(C(N)=O)nc1-c1cncc2c1ncn2C.O=CO. The molecule has 4 aromatic heterocycles. The quantitative estimate of drug-likeness (QED) is 0.256. The summed E-state index contributed by atoms with van der Waals surface area (Å²) in [5.41, 5.74) is 9.90. The minimum atomic E-state index is -0.707. The lowest BCUT2D eigenvalue weighted by molar-refractivity contribution is -0.122. The van der Waals surface area contributed by atoms with Gasteiger partial charge in [0.25, 0.3) is 12.4 Å². The van der Waals surface area contributed by atoms with E-state index in [1.54, 1.807) is 32.0 Å². The van der Waals surface area contributed by atoms with Crippen LogP contribution in [0.5, 0.6) is 0 Å². The number of aromatic nitrogens is 6. The van der Waals surface area contributed by atoms with Gasteiger partial charge in [-0.3, -0.25) is 24.5 Å². The molecule has 1 amide bonds. The number of pyridine rings is 2. The number of aryl methyl sites for hydroxylation is 1. The summed E-state index contributed by atoms with van der Waals surface area (Å²) in [4.78, 5) is 45.5. The Kier molecular flexibility index (Phi) is 8.35.